The van der Waals surface area contributed by atoms with E-state index >= 15 is 0 Å². The maximum Gasteiger partial charge on any atom is 0.197 e. The highest BCUT2D eigenvalue weighted by Crippen LogP contribution is 2.29. The minimum atomic E-state index is 0.139. The number of likely N-dealkylation sites (tertiary alicyclic amines) is 1. The Kier molecular flexibility index (Phi) is 3.67. The van der Waals surface area contributed by atoms with Gasteiger partial charge in [-0.3, -0.25) is 0 Å². The molecule has 1 saturated heterocycles. The van der Waals surface area contributed by atoms with Gasteiger partial charge in [-0.1, -0.05) is 29.9 Å². The molecule has 0 spiro atoms. The van der Waals surface area contributed by atoms with Crippen molar-refractivity contribution in [3.63, 3.8) is 0 Å². The van der Waals surface area contributed by atoms with E-state index in [9.17, 15) is 0 Å². The predicted molar refractivity (Wildman–Crippen MR) is 81.1 cm³/mol. The van der Waals surface area contributed by atoms with Crippen molar-refractivity contribution in [2.45, 2.75) is 25.8 Å². The van der Waals surface area contributed by atoms with E-state index in [1.54, 1.807) is 0 Å². The highest BCUT2D eigenvalue weighted by molar-refractivity contribution is 7.80. The molecule has 3 rings (SSSR count). The molecule has 104 valence electrons. The molecule has 0 unspecified atom stereocenters. The summed E-state index contributed by atoms with van der Waals surface area (Å²) in [6, 6.07) is 7.53. The Hall–Kier alpha value is -1.53. The SMILES string of the molecule is CC(=S)N1CCC[C@@H]1c1nnn(-c2cccc(Cl)c2)n1. The molecule has 1 atom stereocenters. The summed E-state index contributed by atoms with van der Waals surface area (Å²) in [4.78, 5) is 4.55. The van der Waals surface area contributed by atoms with Gasteiger partial charge < -0.3 is 4.90 Å². The molecule has 20 heavy (non-hydrogen) atoms. The summed E-state index contributed by atoms with van der Waals surface area (Å²) in [7, 11) is 0. The Balaban J connectivity index is 1.89. The zero-order chi connectivity index (χ0) is 14.1. The Bertz CT molecular complexity index is 641. The van der Waals surface area contributed by atoms with Crippen LogP contribution >= 0.6 is 23.8 Å². The van der Waals surface area contributed by atoms with Gasteiger partial charge in [0.15, 0.2) is 5.82 Å². The molecule has 2 aromatic rings. The van der Waals surface area contributed by atoms with Crippen LogP contribution in [0.4, 0.5) is 0 Å². The van der Waals surface area contributed by atoms with Crippen LogP contribution in [0.2, 0.25) is 5.02 Å². The van der Waals surface area contributed by atoms with Crippen LogP contribution in [-0.4, -0.2) is 36.6 Å². The molecule has 0 aliphatic carbocycles. The second-order valence-electron chi connectivity index (χ2n) is 4.79. The molecule has 7 heteroatoms. The summed E-state index contributed by atoms with van der Waals surface area (Å²) in [6.45, 7) is 2.90. The fourth-order valence-corrected chi connectivity index (χ4v) is 2.88. The molecule has 1 aliphatic heterocycles. The van der Waals surface area contributed by atoms with Crippen molar-refractivity contribution in [1.82, 2.24) is 25.1 Å². The fourth-order valence-electron chi connectivity index (χ4n) is 2.48. The third-order valence-electron chi connectivity index (χ3n) is 3.42. The minimum Gasteiger partial charge on any atom is -0.356 e. The maximum absolute atomic E-state index is 5.98. The van der Waals surface area contributed by atoms with Crippen LogP contribution in [0.3, 0.4) is 0 Å². The lowest BCUT2D eigenvalue weighted by Gasteiger charge is -2.22. The molecule has 0 bridgehead atoms. The highest BCUT2D eigenvalue weighted by atomic mass is 35.5. The first-order chi connectivity index (χ1) is 9.65. The molecule has 0 amide bonds. The standard InChI is InChI=1S/C13H14ClN5S/c1-9(20)18-7-3-6-12(18)13-15-17-19(16-13)11-5-2-4-10(14)8-11/h2,4-5,8,12H,3,6-7H2,1H3/t12-/m1/s1. The minimum absolute atomic E-state index is 0.139. The van der Waals surface area contributed by atoms with Crippen molar-refractivity contribution < 1.29 is 0 Å². The first-order valence-electron chi connectivity index (χ1n) is 6.48. The summed E-state index contributed by atoms with van der Waals surface area (Å²) < 4.78 is 0. The lowest BCUT2D eigenvalue weighted by molar-refractivity contribution is 0.388. The van der Waals surface area contributed by atoms with E-state index in [1.807, 2.05) is 31.2 Å². The third kappa shape index (κ3) is 2.53. The first kappa shape index (κ1) is 13.5. The van der Waals surface area contributed by atoms with Gasteiger partial charge in [0.25, 0.3) is 0 Å². The molecular weight excluding hydrogens is 294 g/mol. The zero-order valence-corrected chi connectivity index (χ0v) is 12.6. The van der Waals surface area contributed by atoms with Gasteiger partial charge in [0, 0.05) is 11.6 Å². The lowest BCUT2D eigenvalue weighted by Crippen LogP contribution is -2.27. The van der Waals surface area contributed by atoms with Gasteiger partial charge in [-0.25, -0.2) is 0 Å². The fraction of sp³-hybridized carbons (Fsp3) is 0.385. The average molecular weight is 308 g/mol. The Morgan fingerprint density at radius 1 is 1.45 bits per heavy atom. The van der Waals surface area contributed by atoms with Crippen LogP contribution < -0.4 is 0 Å². The van der Waals surface area contributed by atoms with Crippen LogP contribution in [0, 0.1) is 0 Å². The van der Waals surface area contributed by atoms with E-state index in [4.69, 9.17) is 23.8 Å². The molecule has 1 aliphatic rings. The monoisotopic (exact) mass is 307 g/mol. The number of aromatic nitrogens is 4. The number of rotatable bonds is 2. The predicted octanol–water partition coefficient (Wildman–Crippen LogP) is 2.80. The number of hydrogen-bond acceptors (Lipinski definition) is 4. The van der Waals surface area contributed by atoms with Crippen LogP contribution in [0.5, 0.6) is 0 Å². The second-order valence-corrected chi connectivity index (χ2v) is 5.81. The molecule has 0 N–H and O–H groups in total. The van der Waals surface area contributed by atoms with Crippen LogP contribution in [-0.2, 0) is 0 Å². The van der Waals surface area contributed by atoms with Gasteiger partial charge in [-0.2, -0.15) is 0 Å². The summed E-state index contributed by atoms with van der Waals surface area (Å²) in [5, 5.41) is 13.4. The lowest BCUT2D eigenvalue weighted by atomic mass is 10.2. The van der Waals surface area contributed by atoms with Gasteiger partial charge in [0.1, 0.15) is 0 Å². The highest BCUT2D eigenvalue weighted by Gasteiger charge is 2.29. The third-order valence-corrected chi connectivity index (χ3v) is 3.89. The van der Waals surface area contributed by atoms with Crippen molar-refractivity contribution in [2.75, 3.05) is 6.54 Å². The van der Waals surface area contributed by atoms with E-state index in [0.717, 1.165) is 30.1 Å². The molecule has 1 aromatic heterocycles. The van der Waals surface area contributed by atoms with Crippen molar-refractivity contribution in [3.8, 4) is 5.69 Å². The number of thiocarbonyl (C=S) groups is 1. The smallest absolute Gasteiger partial charge is 0.197 e. The maximum atomic E-state index is 5.98. The topological polar surface area (TPSA) is 46.8 Å². The van der Waals surface area contributed by atoms with Crippen molar-refractivity contribution in [3.05, 3.63) is 35.1 Å². The van der Waals surface area contributed by atoms with Gasteiger partial charge >= 0.3 is 0 Å². The Labute approximate surface area is 127 Å². The van der Waals surface area contributed by atoms with E-state index < -0.39 is 0 Å². The largest absolute Gasteiger partial charge is 0.356 e. The number of tetrazole rings is 1. The van der Waals surface area contributed by atoms with Crippen molar-refractivity contribution in [2.24, 2.45) is 0 Å². The quantitative estimate of drug-likeness (QED) is 0.798. The van der Waals surface area contributed by atoms with Crippen LogP contribution in [0.25, 0.3) is 5.69 Å². The molecule has 1 fully saturated rings. The molecule has 5 nitrogen and oxygen atoms in total. The number of benzene rings is 1. The summed E-state index contributed by atoms with van der Waals surface area (Å²) in [5.41, 5.74) is 0.805. The van der Waals surface area contributed by atoms with Gasteiger partial charge in [0.2, 0.25) is 0 Å². The summed E-state index contributed by atoms with van der Waals surface area (Å²) in [5.74, 6) is 0.715. The average Bonchev–Trinajstić information content (AvgIpc) is 3.07. The Morgan fingerprint density at radius 3 is 3.05 bits per heavy atom. The summed E-state index contributed by atoms with van der Waals surface area (Å²) >= 11 is 11.3. The Morgan fingerprint density at radius 2 is 2.30 bits per heavy atom. The van der Waals surface area contributed by atoms with Crippen LogP contribution in [0.1, 0.15) is 31.6 Å². The molecule has 1 aromatic carbocycles. The van der Waals surface area contributed by atoms with Gasteiger partial charge in [-0.15, -0.1) is 15.0 Å². The molecular formula is C13H14ClN5S. The zero-order valence-electron chi connectivity index (χ0n) is 11.0. The van der Waals surface area contributed by atoms with E-state index in [0.29, 0.717) is 10.8 Å². The number of hydrogen-bond donors (Lipinski definition) is 0. The van der Waals surface area contributed by atoms with Gasteiger partial charge in [-0.05, 0) is 43.2 Å². The van der Waals surface area contributed by atoms with E-state index in [1.165, 1.54) is 4.80 Å². The molecule has 2 heterocycles. The number of halogens is 1. The first-order valence-corrected chi connectivity index (χ1v) is 7.27. The van der Waals surface area contributed by atoms with Crippen molar-refractivity contribution in [1.29, 1.82) is 0 Å². The number of nitrogens with zero attached hydrogens (tertiary/aromatic N) is 5. The van der Waals surface area contributed by atoms with Gasteiger partial charge in [0.05, 0.1) is 16.7 Å². The summed E-state index contributed by atoms with van der Waals surface area (Å²) in [6.07, 6.45) is 2.11. The van der Waals surface area contributed by atoms with E-state index in [-0.39, 0.29) is 6.04 Å². The normalized spacial score (nSPS) is 18.5. The van der Waals surface area contributed by atoms with Crippen LogP contribution in [0.15, 0.2) is 24.3 Å². The van der Waals surface area contributed by atoms with E-state index in [2.05, 4.69) is 20.3 Å². The van der Waals surface area contributed by atoms with Crippen molar-refractivity contribution >= 4 is 28.8 Å². The second kappa shape index (κ2) is 5.46. The molecule has 0 radical (unpaired) electrons. The molecule has 0 saturated carbocycles.